The van der Waals surface area contributed by atoms with Crippen LogP contribution >= 0.6 is 11.6 Å². The normalized spacial score (nSPS) is 21.4. The second kappa shape index (κ2) is 8.88. The topological polar surface area (TPSA) is 44.8 Å². The van der Waals surface area contributed by atoms with Gasteiger partial charge in [0.15, 0.2) is 0 Å². The number of fused-ring (bicyclic) bond motifs is 1. The van der Waals surface area contributed by atoms with Crippen LogP contribution in [0.5, 0.6) is 5.75 Å². The number of likely N-dealkylation sites (tertiary alicyclic amines) is 1. The van der Waals surface area contributed by atoms with Gasteiger partial charge in [-0.05, 0) is 51.1 Å². The maximum Gasteiger partial charge on any atom is 0.221 e. The van der Waals surface area contributed by atoms with Gasteiger partial charge in [0.2, 0.25) is 5.91 Å². The second-order valence-electron chi connectivity index (χ2n) is 7.06. The van der Waals surface area contributed by atoms with Crippen LogP contribution in [0.25, 0.3) is 0 Å². The van der Waals surface area contributed by atoms with Crippen LogP contribution in [0.15, 0.2) is 18.2 Å². The summed E-state index contributed by atoms with van der Waals surface area (Å²) in [5.74, 6) is 1.03. The Morgan fingerprint density at radius 1 is 1.28 bits per heavy atom. The van der Waals surface area contributed by atoms with Gasteiger partial charge in [0, 0.05) is 49.7 Å². The molecule has 6 heteroatoms. The Kier molecular flexibility index (Phi) is 6.57. The molecule has 3 rings (SSSR count). The highest BCUT2D eigenvalue weighted by atomic mass is 35.5. The molecule has 0 aliphatic carbocycles. The first-order chi connectivity index (χ1) is 12.1. The van der Waals surface area contributed by atoms with Crippen LogP contribution in [0.1, 0.15) is 31.7 Å². The van der Waals surface area contributed by atoms with Crippen molar-refractivity contribution < 1.29 is 9.53 Å². The minimum Gasteiger partial charge on any atom is -0.489 e. The molecule has 1 aromatic carbocycles. The Morgan fingerprint density at radius 3 is 2.88 bits per heavy atom. The van der Waals surface area contributed by atoms with E-state index in [1.807, 2.05) is 18.2 Å². The Hall–Kier alpha value is -1.30. The molecule has 0 bridgehead atoms. The average molecular weight is 366 g/mol. The Morgan fingerprint density at radius 2 is 2.08 bits per heavy atom. The number of halogens is 1. The zero-order chi connectivity index (χ0) is 17.6. The van der Waals surface area contributed by atoms with E-state index in [2.05, 4.69) is 22.0 Å². The summed E-state index contributed by atoms with van der Waals surface area (Å²) in [6.07, 6.45) is 3.19. The van der Waals surface area contributed by atoms with E-state index in [0.717, 1.165) is 49.1 Å². The third-order valence-electron chi connectivity index (χ3n) is 4.86. The van der Waals surface area contributed by atoms with Gasteiger partial charge in [-0.25, -0.2) is 0 Å². The monoisotopic (exact) mass is 365 g/mol. The predicted molar refractivity (Wildman–Crippen MR) is 100 cm³/mol. The quantitative estimate of drug-likeness (QED) is 0.841. The average Bonchev–Trinajstić information content (AvgIpc) is 3.03. The molecule has 2 aliphatic heterocycles. The van der Waals surface area contributed by atoms with Crippen LogP contribution in [0.3, 0.4) is 0 Å². The maximum atomic E-state index is 12.1. The van der Waals surface area contributed by atoms with E-state index in [1.54, 1.807) is 0 Å². The zero-order valence-corrected chi connectivity index (χ0v) is 15.7. The lowest BCUT2D eigenvalue weighted by molar-refractivity contribution is -0.121. The Labute approximate surface area is 155 Å². The van der Waals surface area contributed by atoms with Crippen molar-refractivity contribution in [3.05, 3.63) is 28.8 Å². The van der Waals surface area contributed by atoms with Crippen molar-refractivity contribution in [3.8, 4) is 5.75 Å². The van der Waals surface area contributed by atoms with Gasteiger partial charge in [0.05, 0.1) is 0 Å². The standard InChI is InChI=1S/C19H28ClN3O2/c1-15-13-23(14-16-12-17(20)4-5-18(16)25-15)10-6-19(24)21-7-11-22-8-2-3-9-22/h4-5,12,15H,2-3,6-11,13-14H2,1H3,(H,21,24)/t15-/m1/s1. The highest BCUT2D eigenvalue weighted by molar-refractivity contribution is 6.30. The fraction of sp³-hybridized carbons (Fsp3) is 0.632. The third kappa shape index (κ3) is 5.59. The lowest BCUT2D eigenvalue weighted by atomic mass is 10.2. The van der Waals surface area contributed by atoms with E-state index in [4.69, 9.17) is 16.3 Å². The Balaban J connectivity index is 1.44. The summed E-state index contributed by atoms with van der Waals surface area (Å²) in [6.45, 7) is 8.42. The highest BCUT2D eigenvalue weighted by Crippen LogP contribution is 2.28. The van der Waals surface area contributed by atoms with E-state index in [-0.39, 0.29) is 12.0 Å². The number of carbonyl (C=O) groups is 1. The van der Waals surface area contributed by atoms with E-state index >= 15 is 0 Å². The van der Waals surface area contributed by atoms with E-state index in [1.165, 1.54) is 25.9 Å². The zero-order valence-electron chi connectivity index (χ0n) is 15.0. The van der Waals surface area contributed by atoms with Crippen LogP contribution in [0.4, 0.5) is 0 Å². The molecule has 1 atom stereocenters. The van der Waals surface area contributed by atoms with Crippen LogP contribution in [0, 0.1) is 0 Å². The van der Waals surface area contributed by atoms with Crippen LogP contribution < -0.4 is 10.1 Å². The number of ether oxygens (including phenoxy) is 1. The highest BCUT2D eigenvalue weighted by Gasteiger charge is 2.21. The molecule has 2 aliphatic rings. The number of carbonyl (C=O) groups excluding carboxylic acids is 1. The fourth-order valence-electron chi connectivity index (χ4n) is 3.59. The molecule has 2 heterocycles. The summed E-state index contributed by atoms with van der Waals surface area (Å²) in [6, 6.07) is 5.75. The van der Waals surface area contributed by atoms with Gasteiger partial charge < -0.3 is 15.0 Å². The Bertz CT molecular complexity index is 590. The lowest BCUT2D eigenvalue weighted by Crippen LogP contribution is -2.37. The molecular weight excluding hydrogens is 338 g/mol. The maximum absolute atomic E-state index is 12.1. The first-order valence-corrected chi connectivity index (χ1v) is 9.64. The van der Waals surface area contributed by atoms with Crippen molar-refractivity contribution in [2.75, 3.05) is 39.3 Å². The first kappa shape index (κ1) is 18.5. The molecule has 0 spiro atoms. The van der Waals surface area contributed by atoms with Crippen molar-refractivity contribution in [1.82, 2.24) is 15.1 Å². The molecule has 5 nitrogen and oxygen atoms in total. The van der Waals surface area contributed by atoms with Crippen molar-refractivity contribution in [1.29, 1.82) is 0 Å². The molecule has 0 saturated carbocycles. The van der Waals surface area contributed by atoms with Gasteiger partial charge in [-0.2, -0.15) is 0 Å². The number of benzene rings is 1. The minimum absolute atomic E-state index is 0.0978. The van der Waals surface area contributed by atoms with E-state index < -0.39 is 0 Å². The summed E-state index contributed by atoms with van der Waals surface area (Å²) < 4.78 is 5.96. The summed E-state index contributed by atoms with van der Waals surface area (Å²) in [7, 11) is 0. The van der Waals surface area contributed by atoms with Crippen LogP contribution in [0.2, 0.25) is 5.02 Å². The fourth-order valence-corrected chi connectivity index (χ4v) is 3.78. The minimum atomic E-state index is 0.0978. The predicted octanol–water partition coefficient (Wildman–Crippen LogP) is 2.53. The number of nitrogens with one attached hydrogen (secondary N) is 1. The molecule has 0 aromatic heterocycles. The number of amides is 1. The third-order valence-corrected chi connectivity index (χ3v) is 5.10. The molecular formula is C19H28ClN3O2. The summed E-state index contributed by atoms with van der Waals surface area (Å²) in [5.41, 5.74) is 1.09. The molecule has 0 radical (unpaired) electrons. The molecule has 1 saturated heterocycles. The van der Waals surface area contributed by atoms with Crippen molar-refractivity contribution in [2.24, 2.45) is 0 Å². The van der Waals surface area contributed by atoms with Gasteiger partial charge >= 0.3 is 0 Å². The molecule has 0 unspecified atom stereocenters. The summed E-state index contributed by atoms with van der Waals surface area (Å²) in [5, 5.41) is 3.76. The molecule has 25 heavy (non-hydrogen) atoms. The molecule has 1 N–H and O–H groups in total. The lowest BCUT2D eigenvalue weighted by Gasteiger charge is -2.21. The van der Waals surface area contributed by atoms with Crippen molar-refractivity contribution in [2.45, 2.75) is 38.8 Å². The van der Waals surface area contributed by atoms with Crippen LogP contribution in [-0.4, -0.2) is 61.1 Å². The number of rotatable bonds is 6. The number of hydrogen-bond donors (Lipinski definition) is 1. The van der Waals surface area contributed by atoms with Crippen LogP contribution in [-0.2, 0) is 11.3 Å². The summed E-state index contributed by atoms with van der Waals surface area (Å²) >= 11 is 6.11. The van der Waals surface area contributed by atoms with Gasteiger partial charge in [0.25, 0.3) is 0 Å². The molecule has 1 fully saturated rings. The van der Waals surface area contributed by atoms with Gasteiger partial charge in [-0.15, -0.1) is 0 Å². The van der Waals surface area contributed by atoms with Crippen molar-refractivity contribution in [3.63, 3.8) is 0 Å². The van der Waals surface area contributed by atoms with Crippen molar-refractivity contribution >= 4 is 17.5 Å². The van der Waals surface area contributed by atoms with E-state index in [0.29, 0.717) is 6.42 Å². The second-order valence-corrected chi connectivity index (χ2v) is 7.50. The van der Waals surface area contributed by atoms with E-state index in [9.17, 15) is 4.79 Å². The number of hydrogen-bond acceptors (Lipinski definition) is 4. The molecule has 138 valence electrons. The summed E-state index contributed by atoms with van der Waals surface area (Å²) in [4.78, 5) is 16.8. The number of nitrogens with zero attached hydrogens (tertiary/aromatic N) is 2. The van der Waals surface area contributed by atoms with Gasteiger partial charge in [-0.3, -0.25) is 9.69 Å². The largest absolute Gasteiger partial charge is 0.489 e. The SMILES string of the molecule is C[C@@H]1CN(CCC(=O)NCCN2CCCC2)Cc2cc(Cl)ccc2O1. The molecule has 1 amide bonds. The van der Waals surface area contributed by atoms with Gasteiger partial charge in [-0.1, -0.05) is 11.6 Å². The first-order valence-electron chi connectivity index (χ1n) is 9.26. The molecule has 1 aromatic rings. The van der Waals surface area contributed by atoms with Gasteiger partial charge in [0.1, 0.15) is 11.9 Å². The smallest absolute Gasteiger partial charge is 0.221 e.